The van der Waals surface area contributed by atoms with Gasteiger partial charge in [-0.2, -0.15) is 0 Å². The molecule has 1 aliphatic rings. The maximum atomic E-state index is 12.4. The first kappa shape index (κ1) is 17.0. The summed E-state index contributed by atoms with van der Waals surface area (Å²) in [5, 5.41) is 0.497. The summed E-state index contributed by atoms with van der Waals surface area (Å²) in [5.41, 5.74) is 0.364. The van der Waals surface area contributed by atoms with Crippen molar-refractivity contribution < 1.29 is 24.0 Å². The number of amides is 2. The number of carbonyl (C=O) groups excluding carboxylic acids is 3. The highest BCUT2D eigenvalue weighted by molar-refractivity contribution is 6.35. The first-order valence-corrected chi connectivity index (χ1v) is 7.93. The van der Waals surface area contributed by atoms with Crippen LogP contribution < -0.4 is 4.74 Å². The van der Waals surface area contributed by atoms with Crippen LogP contribution in [0.5, 0.6) is 5.75 Å². The Hall–Kier alpha value is -2.86. The second-order valence-electron chi connectivity index (χ2n) is 5.61. The van der Waals surface area contributed by atoms with Gasteiger partial charge < -0.3 is 9.57 Å². The number of benzene rings is 2. The molecule has 0 spiro atoms. The Balaban J connectivity index is 1.85. The molecule has 25 heavy (non-hydrogen) atoms. The topological polar surface area (TPSA) is 72.9 Å². The molecule has 0 saturated carbocycles. The zero-order valence-electron chi connectivity index (χ0n) is 13.5. The van der Waals surface area contributed by atoms with E-state index in [1.54, 1.807) is 24.3 Å². The average molecular weight is 360 g/mol. The zero-order valence-corrected chi connectivity index (χ0v) is 14.2. The lowest BCUT2D eigenvalue weighted by molar-refractivity contribution is -0.0584. The van der Waals surface area contributed by atoms with E-state index in [9.17, 15) is 14.4 Å². The van der Waals surface area contributed by atoms with Crippen molar-refractivity contribution in [2.75, 3.05) is 0 Å². The largest absolute Gasteiger partial charge is 0.489 e. The molecule has 0 aliphatic carbocycles. The highest BCUT2D eigenvalue weighted by atomic mass is 35.5. The fourth-order valence-corrected chi connectivity index (χ4v) is 2.64. The molecule has 0 saturated heterocycles. The van der Waals surface area contributed by atoms with E-state index in [0.29, 0.717) is 10.8 Å². The van der Waals surface area contributed by atoms with Gasteiger partial charge in [0.15, 0.2) is 0 Å². The van der Waals surface area contributed by atoms with Gasteiger partial charge in [0.1, 0.15) is 5.75 Å². The molecule has 0 bridgehead atoms. The van der Waals surface area contributed by atoms with Crippen molar-refractivity contribution in [1.82, 2.24) is 5.06 Å². The fourth-order valence-electron chi connectivity index (χ4n) is 2.40. The summed E-state index contributed by atoms with van der Waals surface area (Å²) in [6.07, 6.45) is -0.139. The molecule has 3 rings (SSSR count). The van der Waals surface area contributed by atoms with Crippen molar-refractivity contribution >= 4 is 29.4 Å². The number of halogens is 1. The number of hydrogen-bond donors (Lipinski definition) is 0. The molecular formula is C18H14ClNO5. The number of ether oxygens (including phenoxy) is 1. The molecule has 0 radical (unpaired) electrons. The summed E-state index contributed by atoms with van der Waals surface area (Å²) in [4.78, 5) is 41.9. The van der Waals surface area contributed by atoms with Crippen LogP contribution in [0, 0.1) is 0 Å². The standard InChI is InChI=1S/C18H14ClNO5/c1-10(2)24-14-9-5-8-13(15(14)19)18(23)25-20-16(21)11-6-3-4-7-12(11)17(20)22/h3-10H,1-2H3. The summed E-state index contributed by atoms with van der Waals surface area (Å²) in [6, 6.07) is 10.8. The van der Waals surface area contributed by atoms with Crippen LogP contribution in [0.3, 0.4) is 0 Å². The van der Waals surface area contributed by atoms with E-state index in [1.807, 2.05) is 13.8 Å². The Morgan fingerprint density at radius 1 is 1.00 bits per heavy atom. The van der Waals surface area contributed by atoms with Crippen molar-refractivity contribution in [3.05, 3.63) is 64.2 Å². The minimum Gasteiger partial charge on any atom is -0.489 e. The molecule has 6 nitrogen and oxygen atoms in total. The summed E-state index contributed by atoms with van der Waals surface area (Å²) in [6.45, 7) is 3.64. The lowest BCUT2D eigenvalue weighted by Crippen LogP contribution is -2.32. The zero-order chi connectivity index (χ0) is 18.1. The van der Waals surface area contributed by atoms with Crippen LogP contribution in [0.2, 0.25) is 5.02 Å². The molecule has 0 N–H and O–H groups in total. The molecular weight excluding hydrogens is 346 g/mol. The summed E-state index contributed by atoms with van der Waals surface area (Å²) in [7, 11) is 0. The highest BCUT2D eigenvalue weighted by Crippen LogP contribution is 2.30. The van der Waals surface area contributed by atoms with Gasteiger partial charge in [0.2, 0.25) is 0 Å². The Bertz CT molecular complexity index is 843. The van der Waals surface area contributed by atoms with Crippen LogP contribution in [0.4, 0.5) is 0 Å². The normalized spacial score (nSPS) is 13.2. The molecule has 7 heteroatoms. The van der Waals surface area contributed by atoms with Crippen LogP contribution in [-0.4, -0.2) is 29.0 Å². The van der Waals surface area contributed by atoms with Gasteiger partial charge in [-0.3, -0.25) is 9.59 Å². The maximum Gasteiger partial charge on any atom is 0.365 e. The SMILES string of the molecule is CC(C)Oc1cccc(C(=O)ON2C(=O)c3ccccc3C2=O)c1Cl. The van der Waals surface area contributed by atoms with E-state index in [-0.39, 0.29) is 27.8 Å². The van der Waals surface area contributed by atoms with Gasteiger partial charge >= 0.3 is 5.97 Å². The van der Waals surface area contributed by atoms with Gasteiger partial charge in [-0.25, -0.2) is 4.79 Å². The molecule has 2 amide bonds. The van der Waals surface area contributed by atoms with Gasteiger partial charge in [0.05, 0.1) is 27.8 Å². The molecule has 2 aromatic rings. The fraction of sp³-hybridized carbons (Fsp3) is 0.167. The molecule has 0 aromatic heterocycles. The van der Waals surface area contributed by atoms with Gasteiger partial charge in [0.25, 0.3) is 11.8 Å². The van der Waals surface area contributed by atoms with Crippen molar-refractivity contribution in [2.24, 2.45) is 0 Å². The molecule has 1 heterocycles. The number of imide groups is 1. The molecule has 0 fully saturated rings. The van der Waals surface area contributed by atoms with E-state index < -0.39 is 17.8 Å². The lowest BCUT2D eigenvalue weighted by Gasteiger charge is -2.15. The van der Waals surface area contributed by atoms with Crippen molar-refractivity contribution in [1.29, 1.82) is 0 Å². The van der Waals surface area contributed by atoms with Crippen LogP contribution in [-0.2, 0) is 4.84 Å². The van der Waals surface area contributed by atoms with Crippen molar-refractivity contribution in [3.63, 3.8) is 0 Å². The van der Waals surface area contributed by atoms with Crippen molar-refractivity contribution in [3.8, 4) is 5.75 Å². The van der Waals surface area contributed by atoms with E-state index in [0.717, 1.165) is 0 Å². The number of hydrogen-bond acceptors (Lipinski definition) is 5. The van der Waals surface area contributed by atoms with E-state index >= 15 is 0 Å². The number of rotatable bonds is 4. The number of hydroxylamine groups is 2. The molecule has 0 atom stereocenters. The van der Waals surface area contributed by atoms with Crippen LogP contribution in [0.1, 0.15) is 44.9 Å². The minimum absolute atomic E-state index is 0.00336. The third-order valence-corrected chi connectivity index (χ3v) is 3.87. The Labute approximate surface area is 148 Å². The second kappa shape index (κ2) is 6.57. The molecule has 1 aliphatic heterocycles. The predicted octanol–water partition coefficient (Wildman–Crippen LogP) is 3.50. The first-order chi connectivity index (χ1) is 11.9. The Morgan fingerprint density at radius 2 is 1.60 bits per heavy atom. The monoisotopic (exact) mass is 359 g/mol. The van der Waals surface area contributed by atoms with Gasteiger partial charge in [0, 0.05) is 0 Å². The molecule has 2 aromatic carbocycles. The second-order valence-corrected chi connectivity index (χ2v) is 5.99. The molecule has 128 valence electrons. The number of fused-ring (bicyclic) bond motifs is 1. The predicted molar refractivity (Wildman–Crippen MR) is 89.6 cm³/mol. The first-order valence-electron chi connectivity index (χ1n) is 7.55. The maximum absolute atomic E-state index is 12.4. The minimum atomic E-state index is -0.922. The Kier molecular flexibility index (Phi) is 4.46. The van der Waals surface area contributed by atoms with Gasteiger partial charge in [-0.05, 0) is 38.1 Å². The van der Waals surface area contributed by atoms with E-state index in [1.165, 1.54) is 18.2 Å². The third kappa shape index (κ3) is 3.08. The van der Waals surface area contributed by atoms with Crippen LogP contribution in [0.25, 0.3) is 0 Å². The average Bonchev–Trinajstić information content (AvgIpc) is 2.82. The van der Waals surface area contributed by atoms with E-state index in [2.05, 4.69) is 0 Å². The van der Waals surface area contributed by atoms with Gasteiger partial charge in [-0.1, -0.05) is 34.9 Å². The van der Waals surface area contributed by atoms with Crippen LogP contribution in [0.15, 0.2) is 42.5 Å². The molecule has 0 unspecified atom stereocenters. The lowest BCUT2D eigenvalue weighted by atomic mass is 10.1. The Morgan fingerprint density at radius 3 is 2.16 bits per heavy atom. The van der Waals surface area contributed by atoms with E-state index in [4.69, 9.17) is 21.2 Å². The van der Waals surface area contributed by atoms with Gasteiger partial charge in [-0.15, -0.1) is 0 Å². The quantitative estimate of drug-likeness (QED) is 0.781. The number of carbonyl (C=O) groups is 3. The van der Waals surface area contributed by atoms with Crippen molar-refractivity contribution in [2.45, 2.75) is 20.0 Å². The van der Waals surface area contributed by atoms with Crippen LogP contribution >= 0.6 is 11.6 Å². The summed E-state index contributed by atoms with van der Waals surface area (Å²) < 4.78 is 5.51. The summed E-state index contributed by atoms with van der Waals surface area (Å²) >= 11 is 6.18. The smallest absolute Gasteiger partial charge is 0.365 e. The summed E-state index contributed by atoms with van der Waals surface area (Å²) in [5.74, 6) is -2.00. The highest BCUT2D eigenvalue weighted by Gasteiger charge is 2.39. The third-order valence-electron chi connectivity index (χ3n) is 3.48. The number of nitrogens with zero attached hydrogens (tertiary/aromatic N) is 1.